The van der Waals surface area contributed by atoms with Crippen molar-refractivity contribution in [2.75, 3.05) is 0 Å². The Morgan fingerprint density at radius 2 is 1.33 bits per heavy atom. The van der Waals surface area contributed by atoms with E-state index in [4.69, 9.17) is 24.7 Å². The lowest BCUT2D eigenvalue weighted by Crippen LogP contribution is -2.61. The van der Waals surface area contributed by atoms with Crippen LogP contribution in [-0.2, 0) is 28.5 Å². The Kier molecular flexibility index (Phi) is 23.7. The van der Waals surface area contributed by atoms with Crippen LogP contribution in [0.3, 0.4) is 0 Å². The minimum absolute atomic E-state index is 0.138. The fourth-order valence-corrected chi connectivity index (χ4v) is 8.04. The number of hydrogen-bond donors (Lipinski definition) is 12. The molecule has 18 nitrogen and oxygen atoms in total. The Hall–Kier alpha value is -3.51. The average molecular weight is 942 g/mol. The quantitative estimate of drug-likeness (QED) is 0.176. The van der Waals surface area contributed by atoms with Crippen LogP contribution < -0.4 is 5.73 Å². The normalized spacial score (nSPS) is 41.8. The molecule has 0 aromatic carbocycles. The number of carbonyl (C=O) groups is 2. The summed E-state index contributed by atoms with van der Waals surface area (Å²) >= 11 is 0. The summed E-state index contributed by atoms with van der Waals surface area (Å²) in [6, 6.07) is -1.17. The number of allylic oxidation sites excluding steroid dienone is 12. The lowest BCUT2D eigenvalue weighted by atomic mass is 9.82. The van der Waals surface area contributed by atoms with Gasteiger partial charge in [-0.25, -0.2) is 4.39 Å². The summed E-state index contributed by atoms with van der Waals surface area (Å²) in [5.41, 5.74) is 6.01. The molecular weight excluding hydrogens is 870 g/mol. The van der Waals surface area contributed by atoms with E-state index in [-0.39, 0.29) is 25.7 Å². The van der Waals surface area contributed by atoms with E-state index in [0.717, 1.165) is 0 Å². The van der Waals surface area contributed by atoms with Crippen molar-refractivity contribution < 1.29 is 89.1 Å². The van der Waals surface area contributed by atoms with E-state index >= 15 is 0 Å². The predicted molar refractivity (Wildman–Crippen MR) is 237 cm³/mol. The number of halogens is 1. The van der Waals surface area contributed by atoms with Gasteiger partial charge >= 0.3 is 11.9 Å². The summed E-state index contributed by atoms with van der Waals surface area (Å²) in [6.07, 6.45) is -1.58. The van der Waals surface area contributed by atoms with E-state index in [9.17, 15) is 70.2 Å². The minimum atomic E-state index is -2.34. The Morgan fingerprint density at radius 3 is 1.95 bits per heavy atom. The van der Waals surface area contributed by atoms with Crippen LogP contribution in [0.2, 0.25) is 0 Å². The second-order valence-corrected chi connectivity index (χ2v) is 17.7. The monoisotopic (exact) mass is 941 g/mol. The molecule has 3 rings (SSSR count). The minimum Gasteiger partial charge on any atom is -0.481 e. The largest absolute Gasteiger partial charge is 0.481 e. The maximum atomic E-state index is 14.7. The number of fused-ring (bicyclic) bond motifs is 2. The molecule has 0 unspecified atom stereocenters. The van der Waals surface area contributed by atoms with Crippen molar-refractivity contribution in [1.82, 2.24) is 0 Å². The fourth-order valence-electron chi connectivity index (χ4n) is 8.04. The van der Waals surface area contributed by atoms with Crippen LogP contribution in [0.5, 0.6) is 0 Å². The second kappa shape index (κ2) is 27.5. The molecule has 3 heterocycles. The molecular formula is C47H72FNO17. The smallest absolute Gasteiger partial charge is 0.311 e. The Morgan fingerprint density at radius 1 is 0.727 bits per heavy atom. The molecule has 0 aromatic heterocycles. The number of carboxylic acid groups (broad SMARTS) is 1. The molecule has 66 heavy (non-hydrogen) atoms. The van der Waals surface area contributed by atoms with E-state index in [0.29, 0.717) is 0 Å². The van der Waals surface area contributed by atoms with Crippen LogP contribution >= 0.6 is 0 Å². The first-order valence-corrected chi connectivity index (χ1v) is 22.4. The number of ether oxygens (including phenoxy) is 4. The van der Waals surface area contributed by atoms with Gasteiger partial charge in [0.1, 0.15) is 24.0 Å². The molecule has 3 aliphatic heterocycles. The van der Waals surface area contributed by atoms with Gasteiger partial charge in [0, 0.05) is 37.5 Å². The topological polar surface area (TPSA) is 320 Å². The summed E-state index contributed by atoms with van der Waals surface area (Å²) in [5.74, 6) is -8.11. The van der Waals surface area contributed by atoms with Crippen molar-refractivity contribution >= 4 is 11.9 Å². The van der Waals surface area contributed by atoms with E-state index in [2.05, 4.69) is 0 Å². The van der Waals surface area contributed by atoms with E-state index < -0.39 is 159 Å². The molecule has 0 saturated carbocycles. The van der Waals surface area contributed by atoms with Crippen LogP contribution in [0.15, 0.2) is 84.8 Å². The SMILES string of the molecule is C[C@@H]1[C@H](O)[C@@H](C)C=C(F)C=CC=CC=CC=CC=CC=C[C@H](O[C@@H]2O[C@H](C)[C@@H](O)[C@H](N)[C@@H]2O)C[C@@H]2O[C@](O)(C[C@@H](O)C[C@@H](O)[C@H](O)CC[C@@H](O)C[C@@H](O)CC(=O)O[C@H]1C)C[C@H](O)[C@H]2C(=O)O. The van der Waals surface area contributed by atoms with Gasteiger partial charge in [-0.1, -0.05) is 80.7 Å². The first-order chi connectivity index (χ1) is 31.0. The van der Waals surface area contributed by atoms with Crippen molar-refractivity contribution in [1.29, 1.82) is 0 Å². The van der Waals surface area contributed by atoms with Crippen molar-refractivity contribution in [2.24, 2.45) is 23.5 Å². The number of aliphatic carboxylic acids is 1. The third kappa shape index (κ3) is 18.5. The van der Waals surface area contributed by atoms with Gasteiger partial charge in [0.05, 0.1) is 79.6 Å². The van der Waals surface area contributed by atoms with Crippen LogP contribution in [0.4, 0.5) is 4.39 Å². The molecule has 19 atom stereocenters. The zero-order chi connectivity index (χ0) is 49.3. The van der Waals surface area contributed by atoms with Crippen LogP contribution in [-0.4, -0.2) is 166 Å². The number of rotatable bonds is 3. The molecule has 0 aliphatic carbocycles. The molecule has 19 heteroatoms. The lowest BCUT2D eigenvalue weighted by molar-refractivity contribution is -0.308. The molecule has 3 aliphatic rings. The van der Waals surface area contributed by atoms with Crippen LogP contribution in [0.25, 0.3) is 0 Å². The number of carbonyl (C=O) groups excluding carboxylic acids is 1. The first kappa shape index (κ1) is 56.8. The number of cyclic esters (lactones) is 1. The predicted octanol–water partition coefficient (Wildman–Crippen LogP) is 1.01. The highest BCUT2D eigenvalue weighted by molar-refractivity contribution is 5.71. The molecule has 13 N–H and O–H groups in total. The zero-order valence-corrected chi connectivity index (χ0v) is 37.9. The summed E-state index contributed by atoms with van der Waals surface area (Å²) in [4.78, 5) is 25.1. The summed E-state index contributed by atoms with van der Waals surface area (Å²) < 4.78 is 37.7. The Bertz CT molecular complexity index is 1720. The number of hydrogen-bond acceptors (Lipinski definition) is 17. The van der Waals surface area contributed by atoms with Crippen LogP contribution in [0.1, 0.15) is 79.1 Å². The Balaban J connectivity index is 1.88. The first-order valence-electron chi connectivity index (χ1n) is 22.4. The van der Waals surface area contributed by atoms with E-state index in [1.54, 1.807) is 75.5 Å². The highest BCUT2D eigenvalue weighted by Crippen LogP contribution is 2.38. The van der Waals surface area contributed by atoms with Gasteiger partial charge in [-0.3, -0.25) is 9.59 Å². The summed E-state index contributed by atoms with van der Waals surface area (Å²) in [5, 5.41) is 118. The average Bonchev–Trinajstić information content (AvgIpc) is 3.22. The molecule has 374 valence electrons. The molecule has 0 spiro atoms. The molecule has 2 fully saturated rings. The zero-order valence-electron chi connectivity index (χ0n) is 37.9. The standard InChI is InChI=1S/C47H72FNO17/c1-26-19-30(48)15-13-11-9-7-5-6-8-10-12-14-16-34(65-46-44(59)41(49)43(58)29(4)64-46)23-38-40(45(60)61)37(55)25-47(62,66-38)24-33(52)21-36(54)35(53)18-17-31(50)20-32(51)22-39(56)63-28(3)27(2)42(26)57/h5-16,19,26-29,31-38,40-44,46,50-55,57-59,62H,17-18,20-25,49H2,1-4H3,(H,60,61)/t26-,27-,28-,29+,31+,32+,33-,34-,35+,36+,37-,38-,40+,41-,42+,43+,44-,46-,47+/m0/s1. The number of aliphatic hydroxyl groups excluding tert-OH is 9. The second-order valence-electron chi connectivity index (χ2n) is 17.7. The number of carboxylic acids is 1. The molecule has 2 bridgehead atoms. The highest BCUT2D eigenvalue weighted by Gasteiger charge is 2.51. The maximum Gasteiger partial charge on any atom is 0.311 e. The maximum absolute atomic E-state index is 14.7. The van der Waals surface area contributed by atoms with Crippen molar-refractivity contribution in [2.45, 2.75) is 177 Å². The highest BCUT2D eigenvalue weighted by atomic mass is 19.1. The van der Waals surface area contributed by atoms with Gasteiger partial charge in [-0.15, -0.1) is 0 Å². The van der Waals surface area contributed by atoms with Gasteiger partial charge < -0.3 is 80.9 Å². The van der Waals surface area contributed by atoms with Gasteiger partial charge in [-0.05, 0) is 45.3 Å². The van der Waals surface area contributed by atoms with Crippen molar-refractivity contribution in [3.05, 3.63) is 84.8 Å². The molecule has 0 radical (unpaired) electrons. The van der Waals surface area contributed by atoms with Gasteiger partial charge in [-0.2, -0.15) is 0 Å². The van der Waals surface area contributed by atoms with Crippen molar-refractivity contribution in [3.63, 3.8) is 0 Å². The molecule has 2 saturated heterocycles. The number of esters is 1. The van der Waals surface area contributed by atoms with Gasteiger partial charge in [0.2, 0.25) is 0 Å². The number of nitrogens with two attached hydrogens (primary N) is 1. The van der Waals surface area contributed by atoms with E-state index in [1.807, 2.05) is 0 Å². The van der Waals surface area contributed by atoms with Crippen LogP contribution in [0, 0.1) is 17.8 Å². The van der Waals surface area contributed by atoms with Gasteiger partial charge in [0.25, 0.3) is 0 Å². The summed E-state index contributed by atoms with van der Waals surface area (Å²) in [7, 11) is 0. The third-order valence-electron chi connectivity index (χ3n) is 12.1. The lowest BCUT2D eigenvalue weighted by Gasteiger charge is -2.45. The fraction of sp³-hybridized carbons (Fsp3) is 0.660. The molecule has 0 aromatic rings. The third-order valence-corrected chi connectivity index (χ3v) is 12.1. The van der Waals surface area contributed by atoms with Crippen molar-refractivity contribution in [3.8, 4) is 0 Å². The van der Waals surface area contributed by atoms with E-state index in [1.165, 1.54) is 31.2 Å². The molecule has 0 amide bonds. The number of aliphatic hydroxyl groups is 10. The summed E-state index contributed by atoms with van der Waals surface area (Å²) in [6.45, 7) is 6.31. The Labute approximate surface area is 385 Å². The van der Waals surface area contributed by atoms with Gasteiger partial charge in [0.15, 0.2) is 12.1 Å².